The molecule has 0 fully saturated rings. The third kappa shape index (κ3) is 3.27. The van der Waals surface area contributed by atoms with E-state index in [0.29, 0.717) is 28.9 Å². The van der Waals surface area contributed by atoms with Crippen LogP contribution in [-0.4, -0.2) is 24.2 Å². The van der Waals surface area contributed by atoms with Crippen LogP contribution in [0.2, 0.25) is 5.02 Å². The van der Waals surface area contributed by atoms with Crippen molar-refractivity contribution in [1.82, 2.24) is 0 Å². The number of amides is 1. The number of phenolic OH excluding ortho intramolecular Hbond substituents is 1. The lowest BCUT2D eigenvalue weighted by atomic mass is 9.91. The van der Waals surface area contributed by atoms with E-state index in [1.54, 1.807) is 41.3 Å². The number of para-hydroxylation sites is 1. The van der Waals surface area contributed by atoms with Crippen molar-refractivity contribution < 1.29 is 14.6 Å². The molecule has 3 rings (SSSR count). The van der Waals surface area contributed by atoms with Crippen LogP contribution in [0.15, 0.2) is 42.5 Å². The molecule has 1 aliphatic rings. The van der Waals surface area contributed by atoms with Crippen LogP contribution < -0.4 is 9.64 Å². The van der Waals surface area contributed by atoms with Crippen LogP contribution in [-0.2, 0) is 4.79 Å². The van der Waals surface area contributed by atoms with E-state index in [0.717, 1.165) is 12.0 Å². The van der Waals surface area contributed by atoms with Gasteiger partial charge in [0.1, 0.15) is 11.5 Å². The van der Waals surface area contributed by atoms with Crippen molar-refractivity contribution >= 4 is 23.2 Å². The van der Waals surface area contributed by atoms with E-state index < -0.39 is 0 Å². The minimum absolute atomic E-state index is 0.0947. The second-order valence-corrected chi connectivity index (χ2v) is 6.13. The summed E-state index contributed by atoms with van der Waals surface area (Å²) >= 11 is 5.90. The summed E-state index contributed by atoms with van der Waals surface area (Å²) in [7, 11) is 0. The molecule has 120 valence electrons. The summed E-state index contributed by atoms with van der Waals surface area (Å²) < 4.78 is 5.53. The molecule has 1 amide bonds. The van der Waals surface area contributed by atoms with Crippen LogP contribution in [0, 0.1) is 0 Å². The molecule has 0 bridgehead atoms. The zero-order valence-corrected chi connectivity index (χ0v) is 13.6. The second kappa shape index (κ2) is 6.50. The van der Waals surface area contributed by atoms with Gasteiger partial charge in [0.15, 0.2) is 6.61 Å². The first kappa shape index (κ1) is 15.7. The zero-order valence-electron chi connectivity index (χ0n) is 12.8. The average Bonchev–Trinajstić information content (AvgIpc) is 2.54. The van der Waals surface area contributed by atoms with Gasteiger partial charge in [-0.2, -0.15) is 0 Å². The van der Waals surface area contributed by atoms with E-state index in [9.17, 15) is 9.90 Å². The lowest BCUT2D eigenvalue weighted by Gasteiger charge is -2.33. The van der Waals surface area contributed by atoms with Gasteiger partial charge in [-0.3, -0.25) is 4.79 Å². The normalized spacial score (nSPS) is 16.8. The summed E-state index contributed by atoms with van der Waals surface area (Å²) in [4.78, 5) is 14.1. The molecule has 4 nitrogen and oxygen atoms in total. The standard InChI is InChI=1S/C18H18ClNO3/c1-12-8-9-20(18-15(12)6-3-7-16(18)21)17(22)11-23-14-5-2-4-13(19)10-14/h2-7,10,12,21H,8-9,11H2,1H3/t12-/m0/s1. The number of ether oxygens (including phenoxy) is 1. The Bertz CT molecular complexity index is 732. The van der Waals surface area contributed by atoms with Crippen molar-refractivity contribution in [2.75, 3.05) is 18.1 Å². The molecule has 1 atom stereocenters. The van der Waals surface area contributed by atoms with Gasteiger partial charge in [-0.1, -0.05) is 36.7 Å². The summed E-state index contributed by atoms with van der Waals surface area (Å²) in [5.74, 6) is 0.813. The molecule has 1 aliphatic heterocycles. The lowest BCUT2D eigenvalue weighted by Crippen LogP contribution is -2.39. The number of nitrogens with zero attached hydrogens (tertiary/aromatic N) is 1. The Morgan fingerprint density at radius 3 is 2.91 bits per heavy atom. The number of rotatable bonds is 3. The van der Waals surface area contributed by atoms with E-state index in [1.807, 2.05) is 6.07 Å². The molecule has 0 spiro atoms. The van der Waals surface area contributed by atoms with Crippen molar-refractivity contribution in [2.24, 2.45) is 0 Å². The Morgan fingerprint density at radius 2 is 2.13 bits per heavy atom. The number of aromatic hydroxyl groups is 1. The molecular formula is C18H18ClNO3. The van der Waals surface area contributed by atoms with Crippen LogP contribution in [0.4, 0.5) is 5.69 Å². The van der Waals surface area contributed by atoms with Crippen LogP contribution in [0.5, 0.6) is 11.5 Å². The number of hydrogen-bond donors (Lipinski definition) is 1. The van der Waals surface area contributed by atoms with Crippen molar-refractivity contribution in [3.8, 4) is 11.5 Å². The molecule has 1 heterocycles. The predicted octanol–water partition coefficient (Wildman–Crippen LogP) is 3.96. The van der Waals surface area contributed by atoms with Gasteiger partial charge >= 0.3 is 0 Å². The van der Waals surface area contributed by atoms with Crippen LogP contribution in [0.1, 0.15) is 24.8 Å². The van der Waals surface area contributed by atoms with Crippen molar-refractivity contribution in [3.63, 3.8) is 0 Å². The number of benzene rings is 2. The topological polar surface area (TPSA) is 49.8 Å². The molecule has 0 saturated carbocycles. The minimum atomic E-state index is -0.181. The van der Waals surface area contributed by atoms with Gasteiger partial charge in [0, 0.05) is 11.6 Å². The van der Waals surface area contributed by atoms with Gasteiger partial charge in [-0.25, -0.2) is 0 Å². The first-order valence-electron chi connectivity index (χ1n) is 7.57. The van der Waals surface area contributed by atoms with E-state index in [2.05, 4.69) is 6.92 Å². The van der Waals surface area contributed by atoms with Gasteiger partial charge in [0.25, 0.3) is 5.91 Å². The Morgan fingerprint density at radius 1 is 1.35 bits per heavy atom. The van der Waals surface area contributed by atoms with Crippen LogP contribution in [0.25, 0.3) is 0 Å². The fourth-order valence-electron chi connectivity index (χ4n) is 2.86. The van der Waals surface area contributed by atoms with E-state index in [4.69, 9.17) is 16.3 Å². The highest BCUT2D eigenvalue weighted by Crippen LogP contribution is 2.40. The van der Waals surface area contributed by atoms with Gasteiger partial charge in [-0.05, 0) is 42.2 Å². The molecule has 2 aromatic carbocycles. The van der Waals surface area contributed by atoms with Crippen molar-refractivity contribution in [3.05, 3.63) is 53.1 Å². The van der Waals surface area contributed by atoms with Crippen molar-refractivity contribution in [2.45, 2.75) is 19.3 Å². The maximum absolute atomic E-state index is 12.5. The first-order valence-corrected chi connectivity index (χ1v) is 7.94. The largest absolute Gasteiger partial charge is 0.506 e. The van der Waals surface area contributed by atoms with Gasteiger partial charge in [0.2, 0.25) is 0 Å². The lowest BCUT2D eigenvalue weighted by molar-refractivity contribution is -0.120. The Kier molecular flexibility index (Phi) is 4.44. The highest BCUT2D eigenvalue weighted by Gasteiger charge is 2.29. The molecule has 5 heteroatoms. The molecule has 2 aromatic rings. The van der Waals surface area contributed by atoms with E-state index in [1.165, 1.54) is 0 Å². The highest BCUT2D eigenvalue weighted by atomic mass is 35.5. The van der Waals surface area contributed by atoms with E-state index in [-0.39, 0.29) is 18.3 Å². The molecule has 0 saturated heterocycles. The maximum atomic E-state index is 12.5. The Hall–Kier alpha value is -2.20. The molecule has 0 aromatic heterocycles. The molecule has 0 aliphatic carbocycles. The second-order valence-electron chi connectivity index (χ2n) is 5.70. The quantitative estimate of drug-likeness (QED) is 0.926. The third-order valence-electron chi connectivity index (χ3n) is 4.09. The molecule has 23 heavy (non-hydrogen) atoms. The summed E-state index contributed by atoms with van der Waals surface area (Å²) in [6.07, 6.45) is 0.860. The SMILES string of the molecule is C[C@H]1CCN(C(=O)COc2cccc(Cl)c2)c2c(O)cccc21. The smallest absolute Gasteiger partial charge is 0.265 e. The first-order chi connectivity index (χ1) is 11.1. The van der Waals surface area contributed by atoms with Crippen LogP contribution in [0.3, 0.4) is 0 Å². The number of anilines is 1. The number of halogens is 1. The number of hydrogen-bond acceptors (Lipinski definition) is 3. The number of carbonyl (C=O) groups is 1. The Balaban J connectivity index is 1.77. The summed E-state index contributed by atoms with van der Waals surface area (Å²) in [5, 5.41) is 10.7. The third-order valence-corrected chi connectivity index (χ3v) is 4.33. The average molecular weight is 332 g/mol. The van der Waals surface area contributed by atoms with Gasteiger partial charge in [0.05, 0.1) is 5.69 Å². The number of phenols is 1. The summed E-state index contributed by atoms with van der Waals surface area (Å²) in [6.45, 7) is 2.58. The number of fused-ring (bicyclic) bond motifs is 1. The van der Waals surface area contributed by atoms with Crippen LogP contribution >= 0.6 is 11.6 Å². The monoisotopic (exact) mass is 331 g/mol. The summed E-state index contributed by atoms with van der Waals surface area (Å²) in [5.41, 5.74) is 1.60. The van der Waals surface area contributed by atoms with Crippen molar-refractivity contribution in [1.29, 1.82) is 0 Å². The van der Waals surface area contributed by atoms with E-state index >= 15 is 0 Å². The predicted molar refractivity (Wildman–Crippen MR) is 90.4 cm³/mol. The minimum Gasteiger partial charge on any atom is -0.506 e. The highest BCUT2D eigenvalue weighted by molar-refractivity contribution is 6.30. The molecule has 0 radical (unpaired) electrons. The Labute approximate surface area is 140 Å². The molecule has 1 N–H and O–H groups in total. The molecular weight excluding hydrogens is 314 g/mol. The number of carbonyl (C=O) groups excluding carboxylic acids is 1. The maximum Gasteiger partial charge on any atom is 0.265 e. The zero-order chi connectivity index (χ0) is 16.4. The summed E-state index contributed by atoms with van der Waals surface area (Å²) in [6, 6.07) is 12.3. The fourth-order valence-corrected chi connectivity index (χ4v) is 3.04. The van der Waals surface area contributed by atoms with Gasteiger partial charge < -0.3 is 14.7 Å². The molecule has 0 unspecified atom stereocenters. The fraction of sp³-hybridized carbons (Fsp3) is 0.278. The van der Waals surface area contributed by atoms with Gasteiger partial charge in [-0.15, -0.1) is 0 Å².